The van der Waals surface area contributed by atoms with Gasteiger partial charge in [0.05, 0.1) is 33.0 Å². The first-order valence-electron chi connectivity index (χ1n) is 49.3. The molecule has 19 rings (SSSR count). The Morgan fingerprint density at radius 1 is 0.346 bits per heavy atom. The fourth-order valence-electron chi connectivity index (χ4n) is 26.3. The second-order valence-electron chi connectivity index (χ2n) is 46.2. The van der Waals surface area contributed by atoms with E-state index in [1.165, 1.54) is 32.1 Å². The molecule has 0 spiro atoms. The van der Waals surface area contributed by atoms with Gasteiger partial charge in [-0.05, 0) is 319 Å². The zero-order chi connectivity index (χ0) is 92.5. The van der Waals surface area contributed by atoms with Crippen molar-refractivity contribution in [2.24, 2.45) is 120 Å². The van der Waals surface area contributed by atoms with Gasteiger partial charge in [-0.1, -0.05) is 55.4 Å². The molecule has 4 saturated heterocycles. The summed E-state index contributed by atoms with van der Waals surface area (Å²) in [5.41, 5.74) is -8.01. The van der Waals surface area contributed by atoms with Crippen molar-refractivity contribution in [3.63, 3.8) is 0 Å². The largest absolute Gasteiger partial charge is 0.459 e. The lowest BCUT2D eigenvalue weighted by molar-refractivity contribution is -0.204. The van der Waals surface area contributed by atoms with Gasteiger partial charge in [0.25, 0.3) is 0 Å². The summed E-state index contributed by atoms with van der Waals surface area (Å²) in [4.78, 5) is 165. The summed E-state index contributed by atoms with van der Waals surface area (Å²) >= 11 is 0. The Hall–Kier alpha value is -6.89. The van der Waals surface area contributed by atoms with E-state index in [-0.39, 0.29) is 106 Å². The molecular weight excluding hydrogens is 1630 g/mol. The molecule has 710 valence electrons. The lowest BCUT2D eigenvalue weighted by Crippen LogP contribution is -2.57. The standard InChI is InChI=1S/C30H42O8.2C22H32O6.C14H20O4.C13H24O2/c1-6-27(2,3)24(32)36-22-19-10-20-23(22)37-26(34)30(20,14-19)25(33)35-15-21(31)38-28(4,5)29-11-16-7-17(12-29)9-18(8-16)13-29;2*1-5-20(3,4)17(23)26-15-13-11-14-16(15)27-18(24)22(14,12-13)19(25)28-21(6-2)9-7-8-10-21;1-4-14(2,3)13(16)18-10-7-5-8-9(6-7)12(15)17-11(8)10;1-5-12(3,4)11(14)15-13(6-2)9-7-8-10-13/h16-20,22-23H,6-15H2,1-5H3;2*13-16H,5-12H2,1-4H3;7-11H,4-6H2,1-3H3;5-10H2,1-4H3. The molecule has 127 heavy (non-hydrogen) atoms. The highest BCUT2D eigenvalue weighted by Gasteiger charge is 2.79. The van der Waals surface area contributed by atoms with Gasteiger partial charge < -0.3 is 61.6 Å². The average molecular weight is 1780 g/mol. The molecule has 26 heteroatoms. The third-order valence-corrected chi connectivity index (χ3v) is 36.8. The molecule has 19 aliphatic rings. The number of carbonyl (C=O) groups is 13. The van der Waals surface area contributed by atoms with Crippen molar-refractivity contribution in [1.29, 1.82) is 0 Å². The molecule has 15 aliphatic carbocycles. The number of rotatable bonds is 27. The molecule has 15 saturated carbocycles. The maximum absolute atomic E-state index is 13.3. The monoisotopic (exact) mass is 1780 g/mol. The highest BCUT2D eigenvalue weighted by molar-refractivity contribution is 6.05. The zero-order valence-electron chi connectivity index (χ0n) is 79.9. The van der Waals surface area contributed by atoms with Crippen LogP contribution in [0.2, 0.25) is 0 Å². The summed E-state index contributed by atoms with van der Waals surface area (Å²) in [6.45, 7) is 38.3. The number of esters is 13. The van der Waals surface area contributed by atoms with Crippen LogP contribution in [-0.4, -0.2) is 155 Å². The second kappa shape index (κ2) is 34.9. The van der Waals surface area contributed by atoms with Crippen molar-refractivity contribution in [3.8, 4) is 0 Å². The van der Waals surface area contributed by atoms with E-state index in [4.69, 9.17) is 61.6 Å². The first-order valence-corrected chi connectivity index (χ1v) is 49.3. The predicted molar refractivity (Wildman–Crippen MR) is 460 cm³/mol. The Bertz CT molecular complexity index is 4080. The molecule has 0 aromatic carbocycles. The Labute approximate surface area is 752 Å². The van der Waals surface area contributed by atoms with Crippen LogP contribution in [0.25, 0.3) is 0 Å². The van der Waals surface area contributed by atoms with Crippen LogP contribution in [0.5, 0.6) is 0 Å². The van der Waals surface area contributed by atoms with E-state index in [0.717, 1.165) is 146 Å². The fourth-order valence-corrected chi connectivity index (χ4v) is 26.3. The van der Waals surface area contributed by atoms with Gasteiger partial charge in [-0.25, -0.2) is 4.79 Å². The van der Waals surface area contributed by atoms with E-state index in [9.17, 15) is 62.3 Å². The summed E-state index contributed by atoms with van der Waals surface area (Å²) in [5.74, 6) is -3.01. The third-order valence-electron chi connectivity index (χ3n) is 36.8. The van der Waals surface area contributed by atoms with Gasteiger partial charge in [0, 0.05) is 52.8 Å². The van der Waals surface area contributed by atoms with Gasteiger partial charge in [0.15, 0.2) is 22.9 Å². The molecule has 0 aromatic rings. The molecule has 4 heterocycles. The van der Waals surface area contributed by atoms with Crippen LogP contribution >= 0.6 is 0 Å². The van der Waals surface area contributed by atoms with Crippen molar-refractivity contribution < 1.29 is 124 Å². The van der Waals surface area contributed by atoms with Crippen molar-refractivity contribution in [1.82, 2.24) is 0 Å². The van der Waals surface area contributed by atoms with Crippen molar-refractivity contribution in [2.75, 3.05) is 6.61 Å². The Kier molecular flexibility index (Phi) is 26.4. The van der Waals surface area contributed by atoms with Crippen LogP contribution in [0, 0.1) is 120 Å². The third kappa shape index (κ3) is 16.8. The maximum Gasteiger partial charge on any atom is 0.344 e. The predicted octanol–water partition coefficient (Wildman–Crippen LogP) is 17.1. The Morgan fingerprint density at radius 3 is 0.976 bits per heavy atom. The number of ether oxygens (including phenoxy) is 13. The number of fused-ring (bicyclic) bond motifs is 4. The van der Waals surface area contributed by atoms with E-state index in [2.05, 4.69) is 6.92 Å². The highest BCUT2D eigenvalue weighted by atomic mass is 16.6. The smallest absolute Gasteiger partial charge is 0.344 e. The molecule has 0 amide bonds. The van der Waals surface area contributed by atoms with Crippen molar-refractivity contribution in [2.45, 2.75) is 428 Å². The van der Waals surface area contributed by atoms with Gasteiger partial charge in [0.2, 0.25) is 0 Å². The minimum atomic E-state index is -1.42. The molecule has 20 atom stereocenters. The van der Waals surface area contributed by atoms with Gasteiger partial charge in [-0.2, -0.15) is 0 Å². The number of hydrogen-bond acceptors (Lipinski definition) is 26. The molecule has 12 bridgehead atoms. The normalized spacial score (nSPS) is 37.5. The SMILES string of the molecule is CCC(C)(C)C(=O)OC1C2CC3C(=O)OC1C3C2.CCC(C)(C)C(=O)OC1C2CC3C1OC(=O)C3(C(=O)OCC(=O)OC(C)(C)C13CC4CC(CC(C4)C1)C3)C2.CCC1(OC(=O)C(C)(C)CC)CCCC1.CCC1(OC(=O)C23CC4CC2C(OC3=O)C4OC(=O)C(C)(C)CC)CCCC1.CCC1(OC(=O)C23CC4CC2C(OC3=O)C4OC(=O)C(C)(C)CC)CCCC1. The lowest BCUT2D eigenvalue weighted by Gasteiger charge is -2.61. The van der Waals surface area contributed by atoms with Crippen molar-refractivity contribution in [3.05, 3.63) is 0 Å². The molecule has 0 aromatic heterocycles. The van der Waals surface area contributed by atoms with E-state index < -0.39 is 146 Å². The van der Waals surface area contributed by atoms with Gasteiger partial charge in [-0.3, -0.25) is 57.5 Å². The van der Waals surface area contributed by atoms with Gasteiger partial charge in [-0.15, -0.1) is 0 Å². The molecular formula is C101H150O26. The van der Waals surface area contributed by atoms with E-state index >= 15 is 0 Å². The molecule has 0 N–H and O–H groups in total. The molecule has 0 radical (unpaired) electrons. The fraction of sp³-hybridized carbons (Fsp3) is 0.871. The van der Waals surface area contributed by atoms with Gasteiger partial charge >= 0.3 is 77.6 Å². The molecule has 20 unspecified atom stereocenters. The lowest BCUT2D eigenvalue weighted by atomic mass is 9.46. The van der Waals surface area contributed by atoms with Crippen LogP contribution in [0.15, 0.2) is 0 Å². The number of carbonyl (C=O) groups excluding carboxylic acids is 13. The van der Waals surface area contributed by atoms with E-state index in [1.54, 1.807) is 0 Å². The summed E-state index contributed by atoms with van der Waals surface area (Å²) in [6.07, 6.45) is 26.6. The van der Waals surface area contributed by atoms with Crippen LogP contribution < -0.4 is 0 Å². The van der Waals surface area contributed by atoms with Gasteiger partial charge in [0.1, 0.15) is 71.2 Å². The number of hydrogen-bond donors (Lipinski definition) is 0. The summed E-state index contributed by atoms with van der Waals surface area (Å²) in [5, 5.41) is 0. The first kappa shape index (κ1) is 96.2. The topological polar surface area (TPSA) is 342 Å². The van der Waals surface area contributed by atoms with Crippen LogP contribution in [-0.2, 0) is 124 Å². The Balaban J connectivity index is 0.000000133. The average Bonchev–Trinajstić information content (AvgIpc) is 1.54. The molecule has 26 nitrogen and oxygen atoms in total. The zero-order valence-corrected chi connectivity index (χ0v) is 79.9. The molecule has 19 fully saturated rings. The quantitative estimate of drug-likeness (QED) is 0.0419. The minimum absolute atomic E-state index is 0.00796. The first-order chi connectivity index (χ1) is 59.6. The highest BCUT2D eigenvalue weighted by Crippen LogP contribution is 2.69. The van der Waals surface area contributed by atoms with E-state index in [0.29, 0.717) is 63.2 Å². The van der Waals surface area contributed by atoms with Crippen molar-refractivity contribution >= 4 is 77.6 Å². The van der Waals surface area contributed by atoms with Crippen LogP contribution in [0.3, 0.4) is 0 Å². The minimum Gasteiger partial charge on any atom is -0.459 e. The maximum atomic E-state index is 13.3. The summed E-state index contributed by atoms with van der Waals surface area (Å²) < 4.78 is 74.6. The van der Waals surface area contributed by atoms with Crippen LogP contribution in [0.4, 0.5) is 0 Å². The summed E-state index contributed by atoms with van der Waals surface area (Å²) in [6, 6.07) is 0. The molecule has 4 aliphatic heterocycles. The van der Waals surface area contributed by atoms with E-state index in [1.807, 2.05) is 132 Å². The Morgan fingerprint density at radius 2 is 0.654 bits per heavy atom. The van der Waals surface area contributed by atoms with Crippen LogP contribution in [0.1, 0.15) is 357 Å². The second-order valence-corrected chi connectivity index (χ2v) is 46.2. The summed E-state index contributed by atoms with van der Waals surface area (Å²) in [7, 11) is 0.